The van der Waals surface area contributed by atoms with Gasteiger partial charge in [-0.2, -0.15) is 0 Å². The zero-order valence-corrected chi connectivity index (χ0v) is 21.5. The maximum atomic E-state index is 13.0. The average Bonchev–Trinajstić information content (AvgIpc) is 3.15. The summed E-state index contributed by atoms with van der Waals surface area (Å²) in [4.78, 5) is 31.0. The number of fused-ring (bicyclic) bond motifs is 1. The minimum absolute atomic E-state index is 0.0216. The van der Waals surface area contributed by atoms with E-state index in [4.69, 9.17) is 27.9 Å². The lowest BCUT2D eigenvalue weighted by molar-refractivity contribution is -0.132. The third-order valence-corrected chi connectivity index (χ3v) is 6.58. The highest BCUT2D eigenvalue weighted by molar-refractivity contribution is 6.34. The summed E-state index contributed by atoms with van der Waals surface area (Å²) in [6.07, 6.45) is 0.677. The fraction of sp³-hybridized carbons (Fsp3) is 0.214. The molecule has 1 aliphatic heterocycles. The monoisotopic (exact) mass is 523 g/mol. The van der Waals surface area contributed by atoms with Gasteiger partial charge in [0.15, 0.2) is 12.4 Å². The number of hydrogen-bond donors (Lipinski definition) is 0. The number of ketones is 1. The Kier molecular flexibility index (Phi) is 8.18. The first-order valence-corrected chi connectivity index (χ1v) is 12.3. The van der Waals surface area contributed by atoms with Gasteiger partial charge in [-0.25, -0.2) is 0 Å². The number of para-hydroxylation sites is 2. The predicted molar refractivity (Wildman–Crippen MR) is 145 cm³/mol. The largest absolute Gasteiger partial charge is 0.484 e. The minimum atomic E-state index is -0.104. The molecular formula is C28H27Cl2N3O3. The molecule has 4 rings (SSSR count). The summed E-state index contributed by atoms with van der Waals surface area (Å²) >= 11 is 12.5. The topological polar surface area (TPSA) is 53.1 Å². The van der Waals surface area contributed by atoms with E-state index in [0.717, 1.165) is 11.4 Å². The molecule has 1 heterocycles. The molecule has 6 nitrogen and oxygen atoms in total. The summed E-state index contributed by atoms with van der Waals surface area (Å²) in [6, 6.07) is 21.7. The van der Waals surface area contributed by atoms with Crippen LogP contribution in [0.5, 0.6) is 5.75 Å². The van der Waals surface area contributed by atoms with E-state index in [-0.39, 0.29) is 24.8 Å². The number of ether oxygens (including phenoxy) is 1. The van der Waals surface area contributed by atoms with Gasteiger partial charge in [0.05, 0.1) is 22.9 Å². The van der Waals surface area contributed by atoms with Crippen molar-refractivity contribution in [2.75, 3.05) is 43.1 Å². The summed E-state index contributed by atoms with van der Waals surface area (Å²) < 4.78 is 5.56. The van der Waals surface area contributed by atoms with Crippen molar-refractivity contribution in [2.45, 2.75) is 6.42 Å². The van der Waals surface area contributed by atoms with Crippen LogP contribution >= 0.6 is 23.2 Å². The van der Waals surface area contributed by atoms with Crippen molar-refractivity contribution in [3.63, 3.8) is 0 Å². The van der Waals surface area contributed by atoms with Crippen LogP contribution in [0, 0.1) is 0 Å². The number of halogens is 2. The molecule has 0 saturated heterocycles. The molecule has 0 spiro atoms. The van der Waals surface area contributed by atoms with Crippen molar-refractivity contribution < 1.29 is 14.3 Å². The average molecular weight is 524 g/mol. The van der Waals surface area contributed by atoms with Crippen molar-refractivity contribution in [3.05, 3.63) is 101 Å². The smallest absolute Gasteiger partial charge is 0.260 e. The predicted octanol–water partition coefficient (Wildman–Crippen LogP) is 5.90. The third-order valence-electron chi connectivity index (χ3n) is 6.02. The van der Waals surface area contributed by atoms with E-state index in [0.29, 0.717) is 46.7 Å². The van der Waals surface area contributed by atoms with Crippen molar-refractivity contribution in [3.8, 4) is 5.75 Å². The number of Topliss-reactive ketones (excluding diaryl/α,β-unsaturated/α-hetero) is 1. The number of likely N-dealkylation sites (N-methyl/N-ethyl adjacent to an activating group) is 1. The Balaban J connectivity index is 1.38. The number of anilines is 2. The van der Waals surface area contributed by atoms with Gasteiger partial charge in [0.1, 0.15) is 11.6 Å². The fourth-order valence-corrected chi connectivity index (χ4v) is 4.45. The summed E-state index contributed by atoms with van der Waals surface area (Å²) in [5, 5.41) is 1.16. The molecule has 0 N–H and O–H groups in total. The Morgan fingerprint density at radius 2 is 1.67 bits per heavy atom. The zero-order chi connectivity index (χ0) is 25.7. The molecule has 1 amide bonds. The van der Waals surface area contributed by atoms with E-state index in [1.165, 1.54) is 0 Å². The molecule has 0 saturated carbocycles. The van der Waals surface area contributed by atoms with Crippen LogP contribution in [0.1, 0.15) is 16.8 Å². The molecule has 1 aliphatic rings. The third kappa shape index (κ3) is 5.83. The van der Waals surface area contributed by atoms with E-state index < -0.39 is 0 Å². The second-order valence-corrected chi connectivity index (χ2v) is 9.31. The zero-order valence-electron chi connectivity index (χ0n) is 20.0. The van der Waals surface area contributed by atoms with Gasteiger partial charge in [-0.05, 0) is 55.0 Å². The van der Waals surface area contributed by atoms with Crippen molar-refractivity contribution >= 4 is 46.3 Å². The lowest BCUT2D eigenvalue weighted by atomic mass is 10.1. The molecule has 3 aromatic carbocycles. The Bertz CT molecular complexity index is 1250. The molecule has 8 heteroatoms. The summed E-state index contributed by atoms with van der Waals surface area (Å²) in [7, 11) is 1.76. The van der Waals surface area contributed by atoms with Crippen LogP contribution < -0.4 is 14.5 Å². The molecular weight excluding hydrogens is 497 g/mol. The Morgan fingerprint density at radius 1 is 0.944 bits per heavy atom. The number of hydrogen-bond acceptors (Lipinski definition) is 5. The minimum Gasteiger partial charge on any atom is -0.484 e. The van der Waals surface area contributed by atoms with Gasteiger partial charge in [-0.1, -0.05) is 54.0 Å². The number of nitrogens with zero attached hydrogens (tertiary/aromatic N) is 3. The standard InChI is InChI=1S/C28H27Cl2N3O3/c1-20-32(17-7-16-31(2)27(35)19-36-23-8-4-3-5-9-23)28-24(30)10-6-11-25(28)33(20)18-26(34)21-12-14-22(29)15-13-21/h3-6,8-15H,1,7,16-19H2,2H3. The maximum absolute atomic E-state index is 13.0. The van der Waals surface area contributed by atoms with E-state index in [1.54, 1.807) is 36.2 Å². The van der Waals surface area contributed by atoms with Gasteiger partial charge in [-0.3, -0.25) is 9.59 Å². The first-order valence-electron chi connectivity index (χ1n) is 11.6. The van der Waals surface area contributed by atoms with E-state index in [2.05, 4.69) is 6.58 Å². The van der Waals surface area contributed by atoms with Crippen molar-refractivity contribution in [1.82, 2.24) is 4.90 Å². The van der Waals surface area contributed by atoms with Crippen molar-refractivity contribution in [1.29, 1.82) is 0 Å². The lowest BCUT2D eigenvalue weighted by Gasteiger charge is -2.25. The molecule has 0 radical (unpaired) electrons. The van der Waals surface area contributed by atoms with Crippen LogP contribution in [0.4, 0.5) is 11.4 Å². The Hall–Kier alpha value is -3.48. The highest BCUT2D eigenvalue weighted by atomic mass is 35.5. The second kappa shape index (κ2) is 11.5. The molecule has 0 fully saturated rings. The molecule has 186 valence electrons. The lowest BCUT2D eigenvalue weighted by Crippen LogP contribution is -2.35. The molecule has 0 aliphatic carbocycles. The van der Waals surface area contributed by atoms with Gasteiger partial charge < -0.3 is 19.4 Å². The number of benzene rings is 3. The molecule has 0 unspecified atom stereocenters. The number of carbonyl (C=O) groups excluding carboxylic acids is 2. The fourth-order valence-electron chi connectivity index (χ4n) is 4.05. The first-order chi connectivity index (χ1) is 17.3. The highest BCUT2D eigenvalue weighted by Crippen LogP contribution is 2.45. The van der Waals surface area contributed by atoms with E-state index in [9.17, 15) is 9.59 Å². The highest BCUT2D eigenvalue weighted by Gasteiger charge is 2.33. The van der Waals surface area contributed by atoms with Gasteiger partial charge >= 0.3 is 0 Å². The van der Waals surface area contributed by atoms with Gasteiger partial charge in [-0.15, -0.1) is 0 Å². The molecule has 0 bridgehead atoms. The van der Waals surface area contributed by atoms with E-state index in [1.807, 2.05) is 58.3 Å². The van der Waals surface area contributed by atoms with E-state index >= 15 is 0 Å². The van der Waals surface area contributed by atoms with Crippen LogP contribution in [0.2, 0.25) is 10.0 Å². The van der Waals surface area contributed by atoms with Crippen LogP contribution in [0.3, 0.4) is 0 Å². The Labute approximate surface area is 221 Å². The molecule has 3 aromatic rings. The normalized spacial score (nSPS) is 12.5. The van der Waals surface area contributed by atoms with Gasteiger partial charge in [0.2, 0.25) is 0 Å². The number of carbonyl (C=O) groups is 2. The van der Waals surface area contributed by atoms with Gasteiger partial charge in [0, 0.05) is 30.7 Å². The number of amides is 1. The van der Waals surface area contributed by atoms with Gasteiger partial charge in [0.25, 0.3) is 5.91 Å². The summed E-state index contributed by atoms with van der Waals surface area (Å²) in [5.74, 6) is 1.17. The number of rotatable bonds is 10. The quantitative estimate of drug-likeness (QED) is 0.309. The van der Waals surface area contributed by atoms with Crippen LogP contribution in [0.25, 0.3) is 0 Å². The SMILES string of the molecule is C=C1N(CC(=O)c2ccc(Cl)cc2)c2cccc(Cl)c2N1CCCN(C)C(=O)COc1ccccc1. The van der Waals surface area contributed by atoms with Crippen molar-refractivity contribution in [2.24, 2.45) is 0 Å². The molecule has 0 atom stereocenters. The second-order valence-electron chi connectivity index (χ2n) is 8.46. The molecule has 0 aromatic heterocycles. The Morgan fingerprint density at radius 3 is 2.39 bits per heavy atom. The maximum Gasteiger partial charge on any atom is 0.260 e. The summed E-state index contributed by atoms with van der Waals surface area (Å²) in [5.41, 5.74) is 2.22. The summed E-state index contributed by atoms with van der Waals surface area (Å²) in [6.45, 7) is 5.47. The van der Waals surface area contributed by atoms with Crippen LogP contribution in [0.15, 0.2) is 85.2 Å². The first kappa shape index (κ1) is 25.6. The van der Waals surface area contributed by atoms with Crippen LogP contribution in [-0.2, 0) is 4.79 Å². The van der Waals surface area contributed by atoms with Crippen LogP contribution in [-0.4, -0.2) is 49.9 Å². The molecule has 36 heavy (non-hydrogen) atoms.